The first kappa shape index (κ1) is 32.3. The number of alkyl halides is 2. The maximum atomic E-state index is 16.0. The van der Waals surface area contributed by atoms with E-state index in [1.807, 2.05) is 68.4 Å². The molecule has 2 heterocycles. The number of aliphatic hydroxyl groups is 1. The van der Waals surface area contributed by atoms with Crippen molar-refractivity contribution in [1.82, 2.24) is 4.57 Å². The average molecular weight is 702 g/mol. The molecular formula is C41H40F3NO6. The summed E-state index contributed by atoms with van der Waals surface area (Å²) >= 11 is 0. The summed E-state index contributed by atoms with van der Waals surface area (Å²) in [5, 5.41) is 11.9. The zero-order chi connectivity index (χ0) is 37.6. The molecule has 4 aromatic carbocycles. The Balaban J connectivity index is 1.16. The van der Waals surface area contributed by atoms with Crippen LogP contribution in [0.5, 0.6) is 11.5 Å². The maximum absolute atomic E-state index is 16.0. The summed E-state index contributed by atoms with van der Waals surface area (Å²) in [5.74, 6) is -1.17. The molecule has 1 saturated carbocycles. The number of hydrogen-bond donors (Lipinski definition) is 1. The van der Waals surface area contributed by atoms with Crippen molar-refractivity contribution in [3.63, 3.8) is 0 Å². The predicted molar refractivity (Wildman–Crippen MR) is 185 cm³/mol. The molecule has 0 saturated heterocycles. The second kappa shape index (κ2) is 13.8. The number of Topliss-reactive ketones (excluding diaryl/α,β-unsaturated/α-hetero) is 1. The van der Waals surface area contributed by atoms with Crippen LogP contribution in [0.1, 0.15) is 57.4 Å². The standard InChI is InChI=1S/C41H40F3NO6/c1-39(2,26-49-24-28-11-7-4-8-12-28)37-18-30-17-29(19-38(47)40(15-16-40)31-13-14-35-36(20-31)51-41(43,44)50-35)33(42)21-34(30)45(37)22-32(46)25-48-23-27-9-5-3-6-10-27/h3-14,17-18,20-21,32,46H,15-16,19,22-26H2,1-2H3/i25D2. The van der Waals surface area contributed by atoms with Gasteiger partial charge >= 0.3 is 6.29 Å². The lowest BCUT2D eigenvalue weighted by Gasteiger charge is -2.28. The van der Waals surface area contributed by atoms with Crippen molar-refractivity contribution in [3.8, 4) is 11.5 Å². The molecule has 1 aliphatic heterocycles. The molecule has 266 valence electrons. The van der Waals surface area contributed by atoms with E-state index in [4.69, 9.17) is 12.2 Å². The first-order valence-corrected chi connectivity index (χ1v) is 16.9. The molecule has 0 bridgehead atoms. The number of hydrogen-bond acceptors (Lipinski definition) is 6. The van der Waals surface area contributed by atoms with Gasteiger partial charge in [0.05, 0.1) is 52.7 Å². The molecule has 1 atom stereocenters. The molecule has 10 heteroatoms. The number of nitrogens with zero attached hydrogens (tertiary/aromatic N) is 1. The fraction of sp³-hybridized carbons (Fsp3) is 0.341. The Kier molecular flexibility index (Phi) is 8.75. The number of ether oxygens (including phenoxy) is 4. The first-order chi connectivity index (χ1) is 25.2. The number of rotatable bonds is 15. The molecule has 7 nitrogen and oxygen atoms in total. The van der Waals surface area contributed by atoms with E-state index in [-0.39, 0.29) is 49.0 Å². The van der Waals surface area contributed by atoms with E-state index < -0.39 is 35.6 Å². The zero-order valence-electron chi connectivity index (χ0n) is 30.3. The van der Waals surface area contributed by atoms with Crippen molar-refractivity contribution in [1.29, 1.82) is 0 Å². The number of carbonyl (C=O) groups excluding carboxylic acids is 1. The van der Waals surface area contributed by atoms with Crippen LogP contribution in [0.3, 0.4) is 0 Å². The molecule has 51 heavy (non-hydrogen) atoms. The summed E-state index contributed by atoms with van der Waals surface area (Å²) in [5.41, 5.74) is 1.82. The van der Waals surface area contributed by atoms with Crippen LogP contribution in [0.4, 0.5) is 13.2 Å². The van der Waals surface area contributed by atoms with Crippen LogP contribution in [0.25, 0.3) is 10.9 Å². The molecular weight excluding hydrogens is 659 g/mol. The minimum Gasteiger partial charge on any atom is -0.395 e. The number of halogens is 3. The smallest absolute Gasteiger partial charge is 0.395 e. The van der Waals surface area contributed by atoms with E-state index >= 15 is 4.39 Å². The van der Waals surface area contributed by atoms with Gasteiger partial charge in [-0.05, 0) is 65.4 Å². The van der Waals surface area contributed by atoms with E-state index in [2.05, 4.69) is 9.47 Å². The monoisotopic (exact) mass is 701 g/mol. The summed E-state index contributed by atoms with van der Waals surface area (Å²) in [7, 11) is 0. The molecule has 1 N–H and O–H groups in total. The number of fused-ring (bicyclic) bond motifs is 2. The lowest BCUT2D eigenvalue weighted by molar-refractivity contribution is -0.286. The summed E-state index contributed by atoms with van der Waals surface area (Å²) in [6.45, 7) is 1.75. The van der Waals surface area contributed by atoms with Gasteiger partial charge in [0.15, 0.2) is 11.5 Å². The van der Waals surface area contributed by atoms with Crippen molar-refractivity contribution < 1.29 is 44.8 Å². The Labute approximate surface area is 297 Å². The molecule has 0 spiro atoms. The van der Waals surface area contributed by atoms with Crippen LogP contribution >= 0.6 is 0 Å². The Hall–Kier alpha value is -4.64. The number of aliphatic hydroxyl groups excluding tert-OH is 1. The molecule has 1 aliphatic carbocycles. The minimum atomic E-state index is -3.79. The van der Waals surface area contributed by atoms with Gasteiger partial charge < -0.3 is 28.6 Å². The molecule has 1 aromatic heterocycles. The van der Waals surface area contributed by atoms with Crippen molar-refractivity contribution >= 4 is 16.7 Å². The third-order valence-electron chi connectivity index (χ3n) is 9.58. The van der Waals surface area contributed by atoms with Crippen molar-refractivity contribution in [2.75, 3.05) is 13.2 Å². The van der Waals surface area contributed by atoms with Crippen molar-refractivity contribution in [3.05, 3.63) is 131 Å². The average Bonchev–Trinajstić information content (AvgIpc) is 3.78. The minimum absolute atomic E-state index is 0.0603. The topological polar surface area (TPSA) is 79.2 Å². The molecule has 0 amide bonds. The summed E-state index contributed by atoms with van der Waals surface area (Å²) in [6, 6.07) is 27.8. The quantitative estimate of drug-likeness (QED) is 0.119. The Morgan fingerprint density at radius 3 is 2.24 bits per heavy atom. The van der Waals surface area contributed by atoms with Crippen LogP contribution in [-0.2, 0) is 51.3 Å². The number of aromatic nitrogens is 1. The van der Waals surface area contributed by atoms with Gasteiger partial charge in [0, 0.05) is 22.9 Å². The molecule has 7 rings (SSSR count). The van der Waals surface area contributed by atoms with E-state index in [0.717, 1.165) is 11.1 Å². The molecule has 2 aliphatic rings. The number of benzene rings is 4. The highest BCUT2D eigenvalue weighted by Crippen LogP contribution is 2.53. The summed E-state index contributed by atoms with van der Waals surface area (Å²) in [4.78, 5) is 13.8. The van der Waals surface area contributed by atoms with Crippen LogP contribution < -0.4 is 9.47 Å². The van der Waals surface area contributed by atoms with Crippen molar-refractivity contribution in [2.45, 2.75) is 76.1 Å². The van der Waals surface area contributed by atoms with Gasteiger partial charge in [0.1, 0.15) is 11.6 Å². The third kappa shape index (κ3) is 7.54. The van der Waals surface area contributed by atoms with Gasteiger partial charge in [-0.3, -0.25) is 4.79 Å². The Morgan fingerprint density at radius 1 is 0.922 bits per heavy atom. The molecule has 1 fully saturated rings. The lowest BCUT2D eigenvalue weighted by Crippen LogP contribution is -2.30. The Bertz CT molecular complexity index is 2120. The summed E-state index contributed by atoms with van der Waals surface area (Å²) < 4.78 is 83.0. The summed E-state index contributed by atoms with van der Waals surface area (Å²) in [6.07, 6.45) is -4.70. The number of ketones is 1. The second-order valence-electron chi connectivity index (χ2n) is 13.9. The largest absolute Gasteiger partial charge is 0.586 e. The fourth-order valence-electron chi connectivity index (χ4n) is 6.74. The highest BCUT2D eigenvalue weighted by atomic mass is 19.3. The highest BCUT2D eigenvalue weighted by Gasteiger charge is 2.52. The van der Waals surface area contributed by atoms with Crippen LogP contribution in [0, 0.1) is 5.82 Å². The highest BCUT2D eigenvalue weighted by molar-refractivity contribution is 5.95. The van der Waals surface area contributed by atoms with Crippen LogP contribution in [0.2, 0.25) is 0 Å². The van der Waals surface area contributed by atoms with Gasteiger partial charge in [-0.2, -0.15) is 0 Å². The van der Waals surface area contributed by atoms with Gasteiger partial charge in [0.25, 0.3) is 0 Å². The molecule has 1 unspecified atom stereocenters. The van der Waals surface area contributed by atoms with Crippen LogP contribution in [0.15, 0.2) is 97.1 Å². The van der Waals surface area contributed by atoms with E-state index in [9.17, 15) is 18.7 Å². The third-order valence-corrected chi connectivity index (χ3v) is 9.58. The second-order valence-corrected chi connectivity index (χ2v) is 13.9. The van der Waals surface area contributed by atoms with Gasteiger partial charge in [-0.15, -0.1) is 8.78 Å². The van der Waals surface area contributed by atoms with Gasteiger partial charge in [-0.25, -0.2) is 4.39 Å². The van der Waals surface area contributed by atoms with Crippen molar-refractivity contribution in [2.24, 2.45) is 0 Å². The maximum Gasteiger partial charge on any atom is 0.586 e. The van der Waals surface area contributed by atoms with E-state index in [1.165, 1.54) is 18.2 Å². The molecule has 0 radical (unpaired) electrons. The Morgan fingerprint density at radius 2 is 1.57 bits per heavy atom. The van der Waals surface area contributed by atoms with E-state index in [1.54, 1.807) is 28.8 Å². The fourth-order valence-corrected chi connectivity index (χ4v) is 6.74. The molecule has 5 aromatic rings. The van der Waals surface area contributed by atoms with E-state index in [0.29, 0.717) is 41.6 Å². The van der Waals surface area contributed by atoms with Gasteiger partial charge in [-0.1, -0.05) is 80.6 Å². The predicted octanol–water partition coefficient (Wildman–Crippen LogP) is 8.02. The lowest BCUT2D eigenvalue weighted by atomic mass is 9.87. The van der Waals surface area contributed by atoms with Gasteiger partial charge in [0.2, 0.25) is 0 Å². The first-order valence-electron chi connectivity index (χ1n) is 17.9. The SMILES string of the molecule is [2H]C([2H])(OCc1ccccc1)C(O)Cn1c(C(C)(C)COCc2ccccc2)cc2cc(CC(=O)C3(c4ccc5c(c4)OC(F)(F)O5)CC3)c(F)cc21. The number of carbonyl (C=O) groups is 1. The van der Waals surface area contributed by atoms with Crippen LogP contribution in [-0.4, -0.2) is 41.0 Å². The normalized spacial score (nSPS) is 17.2. The zero-order valence-corrected chi connectivity index (χ0v) is 28.3.